The molecule has 1 rings (SSSR count). The Balaban J connectivity index is 2.81. The lowest BCUT2D eigenvalue weighted by atomic mass is 10.1. The highest BCUT2D eigenvalue weighted by Crippen LogP contribution is 2.21. The topological polar surface area (TPSA) is 87.5 Å². The first-order chi connectivity index (χ1) is 6.11. The Kier molecular flexibility index (Phi) is 2.97. The molecule has 1 heterocycles. The fourth-order valence-electron chi connectivity index (χ4n) is 0.861. The SMILES string of the molecule is O=C(O)CC(C(=O)O)c1nccs1. The van der Waals surface area contributed by atoms with Crippen LogP contribution in [0.15, 0.2) is 11.6 Å². The molecular weight excluding hydrogens is 194 g/mol. The average molecular weight is 201 g/mol. The van der Waals surface area contributed by atoms with Crippen LogP contribution in [-0.2, 0) is 9.59 Å². The minimum absolute atomic E-state index is 0.329. The van der Waals surface area contributed by atoms with Crippen molar-refractivity contribution in [1.29, 1.82) is 0 Å². The van der Waals surface area contributed by atoms with Gasteiger partial charge in [0.05, 0.1) is 6.42 Å². The van der Waals surface area contributed by atoms with Crippen molar-refractivity contribution in [3.8, 4) is 0 Å². The lowest BCUT2D eigenvalue weighted by Crippen LogP contribution is -2.15. The Morgan fingerprint density at radius 2 is 2.23 bits per heavy atom. The third-order valence-corrected chi connectivity index (χ3v) is 2.32. The molecule has 0 aliphatic heterocycles. The largest absolute Gasteiger partial charge is 0.481 e. The molecule has 0 aromatic carbocycles. The summed E-state index contributed by atoms with van der Waals surface area (Å²) in [4.78, 5) is 24.7. The van der Waals surface area contributed by atoms with Crippen LogP contribution in [0.4, 0.5) is 0 Å². The van der Waals surface area contributed by atoms with Crippen molar-refractivity contribution in [1.82, 2.24) is 4.98 Å². The molecule has 70 valence electrons. The zero-order valence-electron chi connectivity index (χ0n) is 6.51. The van der Waals surface area contributed by atoms with E-state index in [4.69, 9.17) is 10.2 Å². The molecule has 0 aliphatic carbocycles. The predicted molar refractivity (Wildman–Crippen MR) is 44.7 cm³/mol. The molecule has 0 amide bonds. The van der Waals surface area contributed by atoms with Gasteiger partial charge in [-0.05, 0) is 0 Å². The molecule has 2 N–H and O–H groups in total. The molecule has 0 spiro atoms. The van der Waals surface area contributed by atoms with E-state index in [9.17, 15) is 9.59 Å². The maximum Gasteiger partial charge on any atom is 0.314 e. The van der Waals surface area contributed by atoms with E-state index >= 15 is 0 Å². The predicted octanol–water partition coefficient (Wildman–Crippen LogP) is 0.786. The number of aromatic nitrogens is 1. The molecule has 0 bridgehead atoms. The average Bonchev–Trinajstić information content (AvgIpc) is 2.50. The van der Waals surface area contributed by atoms with Crippen LogP contribution in [0.2, 0.25) is 0 Å². The number of carboxylic acids is 2. The number of carboxylic acid groups (broad SMARTS) is 2. The molecule has 0 radical (unpaired) electrons. The van der Waals surface area contributed by atoms with Gasteiger partial charge in [0.2, 0.25) is 0 Å². The van der Waals surface area contributed by atoms with Crippen molar-refractivity contribution < 1.29 is 19.8 Å². The van der Waals surface area contributed by atoms with Gasteiger partial charge in [-0.15, -0.1) is 11.3 Å². The quantitative estimate of drug-likeness (QED) is 0.751. The fraction of sp³-hybridized carbons (Fsp3) is 0.286. The van der Waals surface area contributed by atoms with Gasteiger partial charge < -0.3 is 10.2 Å². The fourth-order valence-corrected chi connectivity index (χ4v) is 1.59. The second-order valence-electron chi connectivity index (χ2n) is 2.36. The van der Waals surface area contributed by atoms with E-state index in [1.165, 1.54) is 6.20 Å². The Morgan fingerprint density at radius 1 is 1.54 bits per heavy atom. The molecule has 1 unspecified atom stereocenters. The summed E-state index contributed by atoms with van der Waals surface area (Å²) in [5, 5.41) is 19.1. The summed E-state index contributed by atoms with van der Waals surface area (Å²) in [6.45, 7) is 0. The van der Waals surface area contributed by atoms with Gasteiger partial charge in [0.1, 0.15) is 10.9 Å². The van der Waals surface area contributed by atoms with Gasteiger partial charge in [-0.2, -0.15) is 0 Å². The Bertz CT molecular complexity index is 308. The molecule has 1 atom stereocenters. The summed E-state index contributed by atoms with van der Waals surface area (Å²) in [6.07, 6.45) is 1.03. The van der Waals surface area contributed by atoms with Crippen LogP contribution in [0.5, 0.6) is 0 Å². The molecule has 1 aromatic rings. The molecule has 5 nitrogen and oxygen atoms in total. The lowest BCUT2D eigenvalue weighted by Gasteiger charge is -2.04. The van der Waals surface area contributed by atoms with E-state index in [-0.39, 0.29) is 0 Å². The van der Waals surface area contributed by atoms with Crippen LogP contribution < -0.4 is 0 Å². The highest BCUT2D eigenvalue weighted by Gasteiger charge is 2.25. The Morgan fingerprint density at radius 3 is 2.62 bits per heavy atom. The highest BCUT2D eigenvalue weighted by molar-refractivity contribution is 7.09. The van der Waals surface area contributed by atoms with E-state index in [2.05, 4.69) is 4.98 Å². The van der Waals surface area contributed by atoms with Gasteiger partial charge in [-0.3, -0.25) is 9.59 Å². The molecule has 0 saturated carbocycles. The Hall–Kier alpha value is -1.43. The van der Waals surface area contributed by atoms with Crippen molar-refractivity contribution in [2.45, 2.75) is 12.3 Å². The first kappa shape index (κ1) is 9.66. The molecular formula is C7H7NO4S. The second kappa shape index (κ2) is 3.99. The molecule has 13 heavy (non-hydrogen) atoms. The van der Waals surface area contributed by atoms with E-state index in [0.29, 0.717) is 5.01 Å². The summed E-state index contributed by atoms with van der Waals surface area (Å²) < 4.78 is 0. The van der Waals surface area contributed by atoms with Crippen LogP contribution in [0.25, 0.3) is 0 Å². The normalized spacial score (nSPS) is 12.3. The number of thiazole rings is 1. The van der Waals surface area contributed by atoms with Crippen LogP contribution in [-0.4, -0.2) is 27.1 Å². The van der Waals surface area contributed by atoms with Crippen LogP contribution in [0.3, 0.4) is 0 Å². The summed E-state index contributed by atoms with van der Waals surface area (Å²) in [6, 6.07) is 0. The van der Waals surface area contributed by atoms with Crippen molar-refractivity contribution in [3.05, 3.63) is 16.6 Å². The Labute approximate surface area is 77.7 Å². The van der Waals surface area contributed by atoms with Gasteiger partial charge in [0.25, 0.3) is 0 Å². The third kappa shape index (κ3) is 2.51. The van der Waals surface area contributed by atoms with E-state index in [1.807, 2.05) is 0 Å². The van der Waals surface area contributed by atoms with Gasteiger partial charge >= 0.3 is 11.9 Å². The van der Waals surface area contributed by atoms with Gasteiger partial charge in [-0.25, -0.2) is 4.98 Å². The van der Waals surface area contributed by atoms with Crippen LogP contribution >= 0.6 is 11.3 Å². The standard InChI is InChI=1S/C7H7NO4S/c9-5(10)3-4(7(11)12)6-8-1-2-13-6/h1-2,4H,3H2,(H,9,10)(H,11,12). The monoisotopic (exact) mass is 201 g/mol. The van der Waals surface area contributed by atoms with E-state index < -0.39 is 24.3 Å². The number of carbonyl (C=O) groups is 2. The third-order valence-electron chi connectivity index (χ3n) is 1.43. The number of nitrogens with zero attached hydrogens (tertiary/aromatic N) is 1. The van der Waals surface area contributed by atoms with Gasteiger partial charge in [-0.1, -0.05) is 0 Å². The summed E-state index contributed by atoms with van der Waals surface area (Å²) in [7, 11) is 0. The first-order valence-corrected chi connectivity index (χ1v) is 4.33. The van der Waals surface area contributed by atoms with E-state index in [0.717, 1.165) is 11.3 Å². The van der Waals surface area contributed by atoms with Crippen molar-refractivity contribution in [3.63, 3.8) is 0 Å². The maximum absolute atomic E-state index is 10.6. The van der Waals surface area contributed by atoms with E-state index in [1.54, 1.807) is 5.38 Å². The van der Waals surface area contributed by atoms with Crippen molar-refractivity contribution in [2.75, 3.05) is 0 Å². The smallest absolute Gasteiger partial charge is 0.314 e. The number of hydrogen-bond acceptors (Lipinski definition) is 4. The lowest BCUT2D eigenvalue weighted by molar-refractivity contribution is -0.145. The van der Waals surface area contributed by atoms with Crippen molar-refractivity contribution >= 4 is 23.3 Å². The zero-order chi connectivity index (χ0) is 9.84. The number of rotatable bonds is 4. The summed E-state index contributed by atoms with van der Waals surface area (Å²) >= 11 is 1.15. The van der Waals surface area contributed by atoms with Crippen molar-refractivity contribution in [2.24, 2.45) is 0 Å². The molecule has 0 fully saturated rings. The molecule has 1 aromatic heterocycles. The molecule has 0 saturated heterocycles. The summed E-state index contributed by atoms with van der Waals surface area (Å²) in [5.74, 6) is -3.32. The van der Waals surface area contributed by atoms with Gasteiger partial charge in [0, 0.05) is 11.6 Å². The van der Waals surface area contributed by atoms with Crippen LogP contribution in [0.1, 0.15) is 17.3 Å². The first-order valence-electron chi connectivity index (χ1n) is 3.45. The van der Waals surface area contributed by atoms with Gasteiger partial charge in [0.15, 0.2) is 0 Å². The zero-order valence-corrected chi connectivity index (χ0v) is 7.32. The summed E-state index contributed by atoms with van der Waals surface area (Å²) in [5.41, 5.74) is 0. The van der Waals surface area contributed by atoms with Crippen LogP contribution in [0, 0.1) is 0 Å². The minimum Gasteiger partial charge on any atom is -0.481 e. The highest BCUT2D eigenvalue weighted by atomic mass is 32.1. The number of hydrogen-bond donors (Lipinski definition) is 2. The molecule has 0 aliphatic rings. The second-order valence-corrected chi connectivity index (χ2v) is 3.29. The maximum atomic E-state index is 10.6. The minimum atomic E-state index is -1.16. The number of aliphatic carboxylic acids is 2. The molecule has 6 heteroatoms.